The Labute approximate surface area is 122 Å². The molecule has 0 bridgehead atoms. The van der Waals surface area contributed by atoms with Gasteiger partial charge in [0.25, 0.3) is 5.69 Å². The van der Waals surface area contributed by atoms with E-state index in [1.165, 1.54) is 12.3 Å². The second-order valence-electron chi connectivity index (χ2n) is 4.58. The third-order valence-corrected chi connectivity index (χ3v) is 3.81. The van der Waals surface area contributed by atoms with Crippen LogP contribution < -0.4 is 5.32 Å². The highest BCUT2D eigenvalue weighted by molar-refractivity contribution is 9.10. The number of pyridine rings is 1. The Morgan fingerprint density at radius 1 is 1.53 bits per heavy atom. The van der Waals surface area contributed by atoms with E-state index in [1.54, 1.807) is 0 Å². The lowest BCUT2D eigenvalue weighted by atomic mass is 9.94. The normalized spacial score (nSPS) is 14.1. The minimum Gasteiger partial charge on any atom is -0.314 e. The van der Waals surface area contributed by atoms with E-state index in [0.29, 0.717) is 4.47 Å². The maximum Gasteiger partial charge on any atom is 0.288 e. The fraction of sp³-hybridized carbons (Fsp3) is 0.615. The SMILES string of the molecule is CCCNC(C)C(CC)c1ncc([N+](=O)[O-])cc1Br. The van der Waals surface area contributed by atoms with Crippen molar-refractivity contribution in [2.24, 2.45) is 0 Å². The first-order valence-corrected chi connectivity index (χ1v) is 7.33. The molecule has 19 heavy (non-hydrogen) atoms. The summed E-state index contributed by atoms with van der Waals surface area (Å²) < 4.78 is 0.707. The van der Waals surface area contributed by atoms with E-state index in [2.05, 4.69) is 47.0 Å². The van der Waals surface area contributed by atoms with Gasteiger partial charge in [0.1, 0.15) is 6.20 Å². The summed E-state index contributed by atoms with van der Waals surface area (Å²) in [7, 11) is 0. The molecule has 1 rings (SSSR count). The summed E-state index contributed by atoms with van der Waals surface area (Å²) in [5.41, 5.74) is 0.892. The largest absolute Gasteiger partial charge is 0.314 e. The quantitative estimate of drug-likeness (QED) is 0.612. The molecule has 0 aliphatic carbocycles. The molecule has 0 fully saturated rings. The number of rotatable bonds is 7. The van der Waals surface area contributed by atoms with Gasteiger partial charge in [0.05, 0.1) is 10.6 Å². The molecule has 5 nitrogen and oxygen atoms in total. The molecule has 106 valence electrons. The molecule has 2 atom stereocenters. The molecule has 1 aromatic rings. The minimum absolute atomic E-state index is 0.0136. The van der Waals surface area contributed by atoms with E-state index >= 15 is 0 Å². The molecule has 1 heterocycles. The standard InChI is InChI=1S/C13H20BrN3O2/c1-4-6-15-9(3)11(5-2)13-12(14)7-10(8-16-13)17(18)19/h7-9,11,15H,4-6H2,1-3H3. The third kappa shape index (κ3) is 4.24. The Hall–Kier alpha value is -1.01. The fourth-order valence-electron chi connectivity index (χ4n) is 2.11. The van der Waals surface area contributed by atoms with Gasteiger partial charge in [-0.2, -0.15) is 0 Å². The Kier molecular flexibility index (Phi) is 6.37. The van der Waals surface area contributed by atoms with E-state index in [9.17, 15) is 10.1 Å². The van der Waals surface area contributed by atoms with Crippen LogP contribution in [-0.4, -0.2) is 22.5 Å². The summed E-state index contributed by atoms with van der Waals surface area (Å²) in [4.78, 5) is 14.6. The topological polar surface area (TPSA) is 68.1 Å². The minimum atomic E-state index is -0.429. The first-order valence-electron chi connectivity index (χ1n) is 6.54. The highest BCUT2D eigenvalue weighted by Crippen LogP contribution is 2.30. The average Bonchev–Trinajstić information content (AvgIpc) is 2.38. The van der Waals surface area contributed by atoms with Crippen LogP contribution >= 0.6 is 15.9 Å². The molecule has 2 unspecified atom stereocenters. The predicted molar refractivity (Wildman–Crippen MR) is 79.4 cm³/mol. The zero-order chi connectivity index (χ0) is 14.4. The summed E-state index contributed by atoms with van der Waals surface area (Å²) >= 11 is 3.40. The number of nitro groups is 1. The first kappa shape index (κ1) is 16.0. The van der Waals surface area contributed by atoms with Crippen molar-refractivity contribution in [2.75, 3.05) is 6.54 Å². The zero-order valence-corrected chi connectivity index (χ0v) is 13.1. The summed E-state index contributed by atoms with van der Waals surface area (Å²) in [5, 5.41) is 14.2. The van der Waals surface area contributed by atoms with Gasteiger partial charge in [-0.15, -0.1) is 0 Å². The lowest BCUT2D eigenvalue weighted by Gasteiger charge is -2.24. The van der Waals surface area contributed by atoms with Crippen molar-refractivity contribution in [3.05, 3.63) is 32.5 Å². The first-order chi connectivity index (χ1) is 9.01. The smallest absolute Gasteiger partial charge is 0.288 e. The molecule has 0 radical (unpaired) electrons. The van der Waals surface area contributed by atoms with Gasteiger partial charge in [-0.3, -0.25) is 15.1 Å². The molecular weight excluding hydrogens is 310 g/mol. The number of hydrogen-bond acceptors (Lipinski definition) is 4. The second-order valence-corrected chi connectivity index (χ2v) is 5.43. The molecule has 0 spiro atoms. The number of nitrogens with one attached hydrogen (secondary N) is 1. The van der Waals surface area contributed by atoms with Crippen LogP contribution in [0, 0.1) is 10.1 Å². The van der Waals surface area contributed by atoms with Crippen LogP contribution in [0.25, 0.3) is 0 Å². The molecule has 0 saturated carbocycles. The van der Waals surface area contributed by atoms with Crippen LogP contribution in [0.2, 0.25) is 0 Å². The van der Waals surface area contributed by atoms with Gasteiger partial charge in [0.15, 0.2) is 0 Å². The average molecular weight is 330 g/mol. The van der Waals surface area contributed by atoms with Crippen LogP contribution in [0.4, 0.5) is 5.69 Å². The fourth-order valence-corrected chi connectivity index (χ4v) is 2.74. The van der Waals surface area contributed by atoms with Crippen LogP contribution in [-0.2, 0) is 0 Å². The predicted octanol–water partition coefficient (Wildman–Crippen LogP) is 3.63. The highest BCUT2D eigenvalue weighted by Gasteiger charge is 2.22. The summed E-state index contributed by atoms with van der Waals surface area (Å²) in [6, 6.07) is 1.81. The highest BCUT2D eigenvalue weighted by atomic mass is 79.9. The van der Waals surface area contributed by atoms with Crippen molar-refractivity contribution in [1.82, 2.24) is 10.3 Å². The zero-order valence-electron chi connectivity index (χ0n) is 11.5. The summed E-state index contributed by atoms with van der Waals surface area (Å²) in [6.07, 6.45) is 3.34. The van der Waals surface area contributed by atoms with E-state index in [-0.39, 0.29) is 17.6 Å². The monoisotopic (exact) mass is 329 g/mol. The van der Waals surface area contributed by atoms with E-state index in [4.69, 9.17) is 0 Å². The van der Waals surface area contributed by atoms with Gasteiger partial charge in [-0.25, -0.2) is 0 Å². The van der Waals surface area contributed by atoms with Crippen molar-refractivity contribution < 1.29 is 4.92 Å². The Bertz CT molecular complexity index is 440. The molecular formula is C13H20BrN3O2. The molecule has 0 saturated heterocycles. The molecule has 0 aromatic carbocycles. The van der Waals surface area contributed by atoms with Crippen molar-refractivity contribution in [2.45, 2.75) is 45.6 Å². The van der Waals surface area contributed by atoms with Crippen LogP contribution in [0.15, 0.2) is 16.7 Å². The van der Waals surface area contributed by atoms with Gasteiger partial charge >= 0.3 is 0 Å². The van der Waals surface area contributed by atoms with Crippen LogP contribution in [0.5, 0.6) is 0 Å². The number of halogens is 1. The maximum atomic E-state index is 10.7. The van der Waals surface area contributed by atoms with E-state index in [0.717, 1.165) is 25.1 Å². The number of nitrogens with zero attached hydrogens (tertiary/aromatic N) is 2. The van der Waals surface area contributed by atoms with Crippen molar-refractivity contribution in [3.63, 3.8) is 0 Å². The van der Waals surface area contributed by atoms with Crippen LogP contribution in [0.3, 0.4) is 0 Å². The third-order valence-electron chi connectivity index (χ3n) is 3.18. The van der Waals surface area contributed by atoms with Gasteiger partial charge in [-0.1, -0.05) is 13.8 Å². The van der Waals surface area contributed by atoms with Gasteiger partial charge in [-0.05, 0) is 42.2 Å². The van der Waals surface area contributed by atoms with Crippen LogP contribution in [0.1, 0.15) is 45.2 Å². The number of aromatic nitrogens is 1. The molecule has 1 N–H and O–H groups in total. The molecule has 0 aliphatic rings. The molecule has 1 aromatic heterocycles. The van der Waals surface area contributed by atoms with Gasteiger partial charge < -0.3 is 5.32 Å². The lowest BCUT2D eigenvalue weighted by Crippen LogP contribution is -2.33. The van der Waals surface area contributed by atoms with E-state index in [1.807, 2.05) is 0 Å². The Morgan fingerprint density at radius 3 is 2.68 bits per heavy atom. The van der Waals surface area contributed by atoms with Gasteiger partial charge in [0, 0.05) is 22.5 Å². The van der Waals surface area contributed by atoms with Gasteiger partial charge in [0.2, 0.25) is 0 Å². The van der Waals surface area contributed by atoms with E-state index < -0.39 is 4.92 Å². The summed E-state index contributed by atoms with van der Waals surface area (Å²) in [5.74, 6) is 0.238. The summed E-state index contributed by atoms with van der Waals surface area (Å²) in [6.45, 7) is 7.31. The Morgan fingerprint density at radius 2 is 2.21 bits per heavy atom. The number of hydrogen-bond donors (Lipinski definition) is 1. The Balaban J connectivity index is 2.95. The maximum absolute atomic E-state index is 10.7. The van der Waals surface area contributed by atoms with Crippen molar-refractivity contribution in [3.8, 4) is 0 Å². The molecule has 0 aliphatic heterocycles. The second kappa shape index (κ2) is 7.55. The van der Waals surface area contributed by atoms with Crippen molar-refractivity contribution in [1.29, 1.82) is 0 Å². The lowest BCUT2D eigenvalue weighted by molar-refractivity contribution is -0.385. The molecule has 0 amide bonds. The van der Waals surface area contributed by atoms with Crippen molar-refractivity contribution >= 4 is 21.6 Å². The molecule has 6 heteroatoms.